The molecule has 7 nitrogen and oxygen atoms in total. The Morgan fingerprint density at radius 1 is 1.18 bits per heavy atom. The van der Waals surface area contributed by atoms with Gasteiger partial charge < -0.3 is 14.8 Å². The van der Waals surface area contributed by atoms with Gasteiger partial charge in [0, 0.05) is 6.54 Å². The molecule has 3 rings (SSSR count). The standard InChI is InChI=1S/C21H24N4O3/c1-16(28-21-23-15-25(24-21)18-10-4-3-5-11-18)20(26)22-13-7-9-17-8-6-12-19(14-17)27-2/h3-6,8,10-12,14-16H,7,9,13H2,1-2H3,(H,22,26). The highest BCUT2D eigenvalue weighted by molar-refractivity contribution is 5.80. The van der Waals surface area contributed by atoms with Crippen molar-refractivity contribution in [1.82, 2.24) is 20.1 Å². The molecule has 0 saturated carbocycles. The second kappa shape index (κ2) is 9.55. The molecule has 0 radical (unpaired) electrons. The summed E-state index contributed by atoms with van der Waals surface area (Å²) >= 11 is 0. The number of aryl methyl sites for hydroxylation is 1. The summed E-state index contributed by atoms with van der Waals surface area (Å²) in [5.74, 6) is 0.646. The third-order valence-corrected chi connectivity index (χ3v) is 4.22. The van der Waals surface area contributed by atoms with E-state index in [4.69, 9.17) is 9.47 Å². The van der Waals surface area contributed by atoms with E-state index in [1.807, 2.05) is 54.6 Å². The van der Waals surface area contributed by atoms with Crippen LogP contribution in [0, 0.1) is 0 Å². The largest absolute Gasteiger partial charge is 0.497 e. The average molecular weight is 380 g/mol. The minimum atomic E-state index is -0.677. The topological polar surface area (TPSA) is 78.3 Å². The molecule has 146 valence electrons. The maximum atomic E-state index is 12.2. The molecule has 1 heterocycles. The Morgan fingerprint density at radius 3 is 2.79 bits per heavy atom. The second-order valence-corrected chi connectivity index (χ2v) is 6.31. The quantitative estimate of drug-likeness (QED) is 0.578. The molecule has 0 bridgehead atoms. The molecule has 0 spiro atoms. The fraction of sp³-hybridized carbons (Fsp3) is 0.286. The fourth-order valence-electron chi connectivity index (χ4n) is 2.69. The minimum absolute atomic E-state index is 0.169. The summed E-state index contributed by atoms with van der Waals surface area (Å²) in [5.41, 5.74) is 2.05. The van der Waals surface area contributed by atoms with Gasteiger partial charge in [-0.1, -0.05) is 30.3 Å². The minimum Gasteiger partial charge on any atom is -0.497 e. The molecule has 1 amide bonds. The summed E-state index contributed by atoms with van der Waals surface area (Å²) in [4.78, 5) is 16.3. The van der Waals surface area contributed by atoms with E-state index in [2.05, 4.69) is 15.4 Å². The molecule has 0 fully saturated rings. The van der Waals surface area contributed by atoms with E-state index >= 15 is 0 Å². The smallest absolute Gasteiger partial charge is 0.336 e. The molecule has 0 aliphatic carbocycles. The zero-order valence-corrected chi connectivity index (χ0v) is 16.0. The molecule has 0 aliphatic rings. The normalized spacial score (nSPS) is 11.6. The van der Waals surface area contributed by atoms with Crippen LogP contribution in [0.3, 0.4) is 0 Å². The molecule has 1 unspecified atom stereocenters. The van der Waals surface area contributed by atoms with Crippen molar-refractivity contribution < 1.29 is 14.3 Å². The van der Waals surface area contributed by atoms with Crippen LogP contribution >= 0.6 is 0 Å². The Morgan fingerprint density at radius 2 is 2.00 bits per heavy atom. The van der Waals surface area contributed by atoms with Crippen LogP contribution in [0.25, 0.3) is 5.69 Å². The number of hydrogen-bond acceptors (Lipinski definition) is 5. The van der Waals surface area contributed by atoms with Gasteiger partial charge in [0.05, 0.1) is 12.8 Å². The van der Waals surface area contributed by atoms with E-state index in [9.17, 15) is 4.79 Å². The Labute approximate surface area is 164 Å². The molecule has 1 aromatic heterocycles. The molecule has 1 atom stereocenters. The molecule has 3 aromatic rings. The van der Waals surface area contributed by atoms with Gasteiger partial charge >= 0.3 is 6.01 Å². The monoisotopic (exact) mass is 380 g/mol. The lowest BCUT2D eigenvalue weighted by molar-refractivity contribution is -0.127. The summed E-state index contributed by atoms with van der Waals surface area (Å²) in [6.07, 6.45) is 2.56. The third kappa shape index (κ3) is 5.33. The summed E-state index contributed by atoms with van der Waals surface area (Å²) in [6, 6.07) is 17.7. The summed E-state index contributed by atoms with van der Waals surface area (Å²) < 4.78 is 12.4. The number of carbonyl (C=O) groups excluding carboxylic acids is 1. The highest BCUT2D eigenvalue weighted by Crippen LogP contribution is 2.14. The first-order valence-electron chi connectivity index (χ1n) is 9.20. The van der Waals surface area contributed by atoms with Crippen LogP contribution in [0.2, 0.25) is 0 Å². The molecular weight excluding hydrogens is 356 g/mol. The molecular formula is C21H24N4O3. The van der Waals surface area contributed by atoms with Crippen molar-refractivity contribution >= 4 is 5.91 Å². The molecule has 2 aromatic carbocycles. The maximum Gasteiger partial charge on any atom is 0.336 e. The zero-order chi connectivity index (χ0) is 19.8. The van der Waals surface area contributed by atoms with E-state index < -0.39 is 6.10 Å². The maximum absolute atomic E-state index is 12.2. The zero-order valence-electron chi connectivity index (χ0n) is 16.0. The van der Waals surface area contributed by atoms with Gasteiger partial charge in [0.15, 0.2) is 6.10 Å². The predicted molar refractivity (Wildman–Crippen MR) is 106 cm³/mol. The number of aromatic nitrogens is 3. The van der Waals surface area contributed by atoms with Crippen LogP contribution in [0.1, 0.15) is 18.9 Å². The summed E-state index contributed by atoms with van der Waals surface area (Å²) in [6.45, 7) is 2.25. The van der Waals surface area contributed by atoms with Crippen molar-refractivity contribution in [3.05, 3.63) is 66.5 Å². The van der Waals surface area contributed by atoms with Crippen molar-refractivity contribution in [1.29, 1.82) is 0 Å². The van der Waals surface area contributed by atoms with Crippen molar-refractivity contribution in [3.8, 4) is 17.4 Å². The van der Waals surface area contributed by atoms with Crippen LogP contribution in [-0.4, -0.2) is 40.4 Å². The number of carbonyl (C=O) groups is 1. The van der Waals surface area contributed by atoms with E-state index in [0.29, 0.717) is 6.54 Å². The highest BCUT2D eigenvalue weighted by Gasteiger charge is 2.16. The highest BCUT2D eigenvalue weighted by atomic mass is 16.5. The van der Waals surface area contributed by atoms with Crippen LogP contribution in [-0.2, 0) is 11.2 Å². The molecule has 7 heteroatoms. The number of nitrogens with zero attached hydrogens (tertiary/aromatic N) is 3. The Kier molecular flexibility index (Phi) is 6.62. The number of benzene rings is 2. The first kappa shape index (κ1) is 19.4. The lowest BCUT2D eigenvalue weighted by Crippen LogP contribution is -2.37. The number of para-hydroxylation sites is 1. The first-order chi connectivity index (χ1) is 13.7. The average Bonchev–Trinajstić information content (AvgIpc) is 3.20. The van der Waals surface area contributed by atoms with Gasteiger partial charge in [-0.25, -0.2) is 4.68 Å². The van der Waals surface area contributed by atoms with Gasteiger partial charge in [0.2, 0.25) is 0 Å². The number of nitrogens with one attached hydrogen (secondary N) is 1. The van der Waals surface area contributed by atoms with Crippen molar-refractivity contribution in [2.45, 2.75) is 25.9 Å². The lowest BCUT2D eigenvalue weighted by Gasteiger charge is -2.12. The van der Waals surface area contributed by atoms with Gasteiger partial charge in [-0.15, -0.1) is 5.10 Å². The van der Waals surface area contributed by atoms with Gasteiger partial charge in [-0.3, -0.25) is 4.79 Å². The van der Waals surface area contributed by atoms with Gasteiger partial charge in [0.25, 0.3) is 5.91 Å². The Hall–Kier alpha value is -3.35. The van der Waals surface area contributed by atoms with Crippen LogP contribution in [0.5, 0.6) is 11.8 Å². The van der Waals surface area contributed by atoms with E-state index in [0.717, 1.165) is 24.3 Å². The Bertz CT molecular complexity index is 895. The second-order valence-electron chi connectivity index (χ2n) is 6.31. The summed E-state index contributed by atoms with van der Waals surface area (Å²) in [5, 5.41) is 7.13. The van der Waals surface area contributed by atoms with Gasteiger partial charge in [-0.05, 0) is 49.6 Å². The first-order valence-corrected chi connectivity index (χ1v) is 9.20. The van der Waals surface area contributed by atoms with E-state index in [-0.39, 0.29) is 11.9 Å². The van der Waals surface area contributed by atoms with E-state index in [1.165, 1.54) is 5.56 Å². The molecule has 0 aliphatic heterocycles. The van der Waals surface area contributed by atoms with Crippen LogP contribution < -0.4 is 14.8 Å². The Balaban J connectivity index is 1.43. The third-order valence-electron chi connectivity index (χ3n) is 4.22. The number of rotatable bonds is 9. The molecule has 1 N–H and O–H groups in total. The van der Waals surface area contributed by atoms with Crippen LogP contribution in [0.15, 0.2) is 60.9 Å². The number of hydrogen-bond donors (Lipinski definition) is 1. The SMILES string of the molecule is COc1cccc(CCCNC(=O)C(C)Oc2ncn(-c3ccccc3)n2)c1. The summed E-state index contributed by atoms with van der Waals surface area (Å²) in [7, 11) is 1.65. The van der Waals surface area contributed by atoms with Crippen molar-refractivity contribution in [2.75, 3.05) is 13.7 Å². The van der Waals surface area contributed by atoms with E-state index in [1.54, 1.807) is 25.0 Å². The lowest BCUT2D eigenvalue weighted by atomic mass is 10.1. The van der Waals surface area contributed by atoms with Gasteiger partial charge in [-0.2, -0.15) is 4.98 Å². The van der Waals surface area contributed by atoms with Crippen molar-refractivity contribution in [3.63, 3.8) is 0 Å². The number of ether oxygens (including phenoxy) is 2. The van der Waals surface area contributed by atoms with Gasteiger partial charge in [0.1, 0.15) is 12.1 Å². The molecule has 28 heavy (non-hydrogen) atoms. The molecule has 0 saturated heterocycles. The number of methoxy groups -OCH3 is 1. The predicted octanol–water partition coefficient (Wildman–Crippen LogP) is 2.79. The number of amides is 1. The van der Waals surface area contributed by atoms with Crippen LogP contribution in [0.4, 0.5) is 0 Å². The van der Waals surface area contributed by atoms with Crippen molar-refractivity contribution in [2.24, 2.45) is 0 Å². The fourth-order valence-corrected chi connectivity index (χ4v) is 2.69.